The number of para-hydroxylation sites is 1. The fourth-order valence-corrected chi connectivity index (χ4v) is 3.89. The van der Waals surface area contributed by atoms with Gasteiger partial charge in [-0.25, -0.2) is 4.79 Å². The van der Waals surface area contributed by atoms with Crippen LogP contribution < -0.4 is 5.32 Å². The summed E-state index contributed by atoms with van der Waals surface area (Å²) in [7, 11) is 0. The van der Waals surface area contributed by atoms with E-state index in [9.17, 15) is 9.59 Å². The minimum Gasteiger partial charge on any atom is -0.452 e. The highest BCUT2D eigenvalue weighted by Gasteiger charge is 2.13. The van der Waals surface area contributed by atoms with E-state index in [2.05, 4.69) is 42.8 Å². The Balaban J connectivity index is 1.45. The molecule has 1 amide bonds. The van der Waals surface area contributed by atoms with Gasteiger partial charge in [0.05, 0.1) is 5.56 Å². The maximum absolute atomic E-state index is 12.4. The summed E-state index contributed by atoms with van der Waals surface area (Å²) in [6.07, 6.45) is 0. The standard InChI is InChI=1S/C26H26N2O3/c1-4-28-23-8-6-5-7-21(23)22-15-20(13-14-24(22)28)27-25(29)16-31-26(30)19-11-9-18(10-12-19)17(2)3/h5-15,17H,4,16H2,1-3H3,(H,27,29). The molecule has 5 nitrogen and oxygen atoms in total. The Morgan fingerprint density at radius 1 is 0.935 bits per heavy atom. The maximum Gasteiger partial charge on any atom is 0.338 e. The number of aryl methyl sites for hydroxylation is 1. The summed E-state index contributed by atoms with van der Waals surface area (Å²) in [5, 5.41) is 5.06. The van der Waals surface area contributed by atoms with Gasteiger partial charge in [0, 0.05) is 34.0 Å². The number of nitrogens with zero attached hydrogens (tertiary/aromatic N) is 1. The number of amides is 1. The minimum atomic E-state index is -0.507. The number of carbonyl (C=O) groups is 2. The summed E-state index contributed by atoms with van der Waals surface area (Å²) in [5.74, 6) is -0.489. The Morgan fingerprint density at radius 3 is 2.35 bits per heavy atom. The van der Waals surface area contributed by atoms with Gasteiger partial charge >= 0.3 is 5.97 Å². The molecule has 3 aromatic carbocycles. The number of aromatic nitrogens is 1. The predicted octanol–water partition coefficient (Wildman–Crippen LogP) is 5.73. The van der Waals surface area contributed by atoms with Gasteiger partial charge in [-0.2, -0.15) is 0 Å². The molecule has 0 saturated heterocycles. The highest BCUT2D eigenvalue weighted by Crippen LogP contribution is 2.31. The Morgan fingerprint density at radius 2 is 1.65 bits per heavy atom. The van der Waals surface area contributed by atoms with Gasteiger partial charge in [-0.15, -0.1) is 0 Å². The number of fused-ring (bicyclic) bond motifs is 3. The molecule has 0 saturated carbocycles. The van der Waals surface area contributed by atoms with E-state index in [1.807, 2.05) is 42.5 Å². The van der Waals surface area contributed by atoms with Crippen LogP contribution in [-0.4, -0.2) is 23.1 Å². The number of hydrogen-bond acceptors (Lipinski definition) is 3. The van der Waals surface area contributed by atoms with E-state index in [1.165, 1.54) is 5.52 Å². The Bertz CT molecular complexity index is 1250. The Labute approximate surface area is 181 Å². The van der Waals surface area contributed by atoms with Crippen molar-refractivity contribution in [2.45, 2.75) is 33.2 Å². The highest BCUT2D eigenvalue weighted by atomic mass is 16.5. The van der Waals surface area contributed by atoms with Gasteiger partial charge in [0.25, 0.3) is 5.91 Å². The fourth-order valence-electron chi connectivity index (χ4n) is 3.89. The number of hydrogen-bond donors (Lipinski definition) is 1. The molecule has 0 radical (unpaired) electrons. The topological polar surface area (TPSA) is 60.3 Å². The number of benzene rings is 3. The third-order valence-electron chi connectivity index (χ3n) is 5.52. The monoisotopic (exact) mass is 414 g/mol. The quantitative estimate of drug-likeness (QED) is 0.410. The van der Waals surface area contributed by atoms with Crippen LogP contribution in [0.3, 0.4) is 0 Å². The number of nitrogens with one attached hydrogen (secondary N) is 1. The van der Waals surface area contributed by atoms with Crippen molar-refractivity contribution < 1.29 is 14.3 Å². The third kappa shape index (κ3) is 4.17. The van der Waals surface area contributed by atoms with Gasteiger partial charge in [-0.05, 0) is 54.8 Å². The molecule has 1 heterocycles. The molecule has 0 atom stereocenters. The molecule has 0 unspecified atom stereocenters. The van der Waals surface area contributed by atoms with Gasteiger partial charge in [-0.1, -0.05) is 44.2 Å². The van der Waals surface area contributed by atoms with Crippen LogP contribution >= 0.6 is 0 Å². The maximum atomic E-state index is 12.4. The van der Waals surface area contributed by atoms with E-state index in [4.69, 9.17) is 4.74 Å². The molecule has 0 aliphatic carbocycles. The molecule has 0 fully saturated rings. The first-order valence-corrected chi connectivity index (χ1v) is 10.6. The number of ether oxygens (including phenoxy) is 1. The van der Waals surface area contributed by atoms with Crippen molar-refractivity contribution in [3.63, 3.8) is 0 Å². The van der Waals surface area contributed by atoms with Crippen LogP contribution in [0.1, 0.15) is 42.6 Å². The van der Waals surface area contributed by atoms with Gasteiger partial charge in [-0.3, -0.25) is 4.79 Å². The van der Waals surface area contributed by atoms with Gasteiger partial charge in [0.15, 0.2) is 6.61 Å². The van der Waals surface area contributed by atoms with E-state index in [0.717, 1.165) is 28.4 Å². The zero-order chi connectivity index (χ0) is 22.0. The van der Waals surface area contributed by atoms with Crippen LogP contribution in [-0.2, 0) is 16.1 Å². The van der Waals surface area contributed by atoms with E-state index in [1.54, 1.807) is 12.1 Å². The summed E-state index contributed by atoms with van der Waals surface area (Å²) < 4.78 is 7.44. The molecular formula is C26H26N2O3. The lowest BCUT2D eigenvalue weighted by Gasteiger charge is -2.09. The second-order valence-electron chi connectivity index (χ2n) is 7.89. The predicted molar refractivity (Wildman–Crippen MR) is 125 cm³/mol. The van der Waals surface area contributed by atoms with Crippen molar-refractivity contribution in [2.75, 3.05) is 11.9 Å². The SMILES string of the molecule is CCn1c2ccccc2c2cc(NC(=O)COC(=O)c3ccc(C(C)C)cc3)ccc21. The molecule has 4 aromatic rings. The van der Waals surface area contributed by atoms with E-state index >= 15 is 0 Å². The summed E-state index contributed by atoms with van der Waals surface area (Å²) in [5.41, 5.74) is 4.55. The summed E-state index contributed by atoms with van der Waals surface area (Å²) >= 11 is 0. The Kier molecular flexibility index (Phi) is 5.76. The van der Waals surface area contributed by atoms with Crippen molar-refractivity contribution in [3.05, 3.63) is 77.9 Å². The smallest absolute Gasteiger partial charge is 0.338 e. The molecular weight excluding hydrogens is 388 g/mol. The fraction of sp³-hybridized carbons (Fsp3) is 0.231. The molecule has 0 aliphatic rings. The number of rotatable bonds is 6. The van der Waals surface area contributed by atoms with Crippen molar-refractivity contribution in [1.29, 1.82) is 0 Å². The molecule has 31 heavy (non-hydrogen) atoms. The summed E-state index contributed by atoms with van der Waals surface area (Å²) in [4.78, 5) is 24.6. The molecule has 1 aromatic heterocycles. The lowest BCUT2D eigenvalue weighted by Crippen LogP contribution is -2.20. The van der Waals surface area contributed by atoms with Crippen LogP contribution in [0.2, 0.25) is 0 Å². The second-order valence-corrected chi connectivity index (χ2v) is 7.89. The van der Waals surface area contributed by atoms with Gasteiger partial charge < -0.3 is 14.6 Å². The van der Waals surface area contributed by atoms with E-state index in [-0.39, 0.29) is 12.5 Å². The lowest BCUT2D eigenvalue weighted by molar-refractivity contribution is -0.119. The largest absolute Gasteiger partial charge is 0.452 e. The van der Waals surface area contributed by atoms with Crippen molar-refractivity contribution in [2.24, 2.45) is 0 Å². The third-order valence-corrected chi connectivity index (χ3v) is 5.52. The zero-order valence-electron chi connectivity index (χ0n) is 18.0. The van der Waals surface area contributed by atoms with Crippen molar-refractivity contribution >= 4 is 39.4 Å². The van der Waals surface area contributed by atoms with Crippen molar-refractivity contribution in [1.82, 2.24) is 4.57 Å². The molecule has 0 aliphatic heterocycles. The molecule has 5 heteroatoms. The van der Waals surface area contributed by atoms with Crippen LogP contribution in [0.25, 0.3) is 21.8 Å². The Hall–Kier alpha value is -3.60. The normalized spacial score (nSPS) is 11.2. The molecule has 0 spiro atoms. The molecule has 0 bridgehead atoms. The lowest BCUT2D eigenvalue weighted by atomic mass is 10.0. The second kappa shape index (κ2) is 8.64. The van der Waals surface area contributed by atoms with E-state index < -0.39 is 5.97 Å². The molecule has 4 rings (SSSR count). The zero-order valence-corrected chi connectivity index (χ0v) is 18.0. The van der Waals surface area contributed by atoms with Crippen LogP contribution in [0, 0.1) is 0 Å². The van der Waals surface area contributed by atoms with Crippen LogP contribution in [0.4, 0.5) is 5.69 Å². The van der Waals surface area contributed by atoms with Crippen LogP contribution in [0.5, 0.6) is 0 Å². The first-order chi connectivity index (χ1) is 15.0. The summed E-state index contributed by atoms with van der Waals surface area (Å²) in [6.45, 7) is 6.83. The number of carbonyl (C=O) groups excluding carboxylic acids is 2. The first-order valence-electron chi connectivity index (χ1n) is 10.6. The van der Waals surface area contributed by atoms with Crippen LogP contribution in [0.15, 0.2) is 66.7 Å². The number of anilines is 1. The minimum absolute atomic E-state index is 0.334. The van der Waals surface area contributed by atoms with Crippen molar-refractivity contribution in [3.8, 4) is 0 Å². The van der Waals surface area contributed by atoms with E-state index in [0.29, 0.717) is 17.2 Å². The highest BCUT2D eigenvalue weighted by molar-refractivity contribution is 6.10. The van der Waals surface area contributed by atoms with Gasteiger partial charge in [0.1, 0.15) is 0 Å². The van der Waals surface area contributed by atoms with Gasteiger partial charge in [0.2, 0.25) is 0 Å². The molecule has 158 valence electrons. The molecule has 1 N–H and O–H groups in total. The summed E-state index contributed by atoms with van der Waals surface area (Å²) in [6, 6.07) is 21.3. The number of esters is 1. The average molecular weight is 415 g/mol. The average Bonchev–Trinajstić information content (AvgIpc) is 3.10. The first kappa shape index (κ1) is 20.7.